The molecule has 0 radical (unpaired) electrons. The lowest BCUT2D eigenvalue weighted by Crippen LogP contribution is -2.13. The van der Waals surface area contributed by atoms with Gasteiger partial charge in [-0.1, -0.05) is 6.07 Å². The van der Waals surface area contributed by atoms with E-state index < -0.39 is 10.0 Å². The maximum Gasteiger partial charge on any atom is 0.263 e. The lowest BCUT2D eigenvalue weighted by atomic mass is 10.2. The molecule has 0 bridgehead atoms. The van der Waals surface area contributed by atoms with E-state index in [2.05, 4.69) is 36.6 Å². The predicted octanol–water partition coefficient (Wildman–Crippen LogP) is 3.84. The largest absolute Gasteiger partial charge is 0.326 e. The van der Waals surface area contributed by atoms with E-state index in [0.29, 0.717) is 20.5 Å². The van der Waals surface area contributed by atoms with Gasteiger partial charge in [0.1, 0.15) is 4.90 Å². The van der Waals surface area contributed by atoms with Gasteiger partial charge in [0.25, 0.3) is 10.0 Å². The number of sulfonamides is 1. The Morgan fingerprint density at radius 2 is 2.00 bits per heavy atom. The number of aryl methyl sites for hydroxylation is 1. The zero-order chi connectivity index (χ0) is 14.9. The van der Waals surface area contributed by atoms with Crippen molar-refractivity contribution in [2.24, 2.45) is 5.73 Å². The van der Waals surface area contributed by atoms with Crippen LogP contribution in [0, 0.1) is 6.92 Å². The third-order valence-electron chi connectivity index (χ3n) is 2.57. The van der Waals surface area contributed by atoms with Crippen LogP contribution in [-0.2, 0) is 16.6 Å². The highest BCUT2D eigenvalue weighted by Gasteiger charge is 2.21. The molecule has 0 aliphatic carbocycles. The standard InChI is InChI=1S/C12H12Br2N2O2S2/c1-7-2-3-10(9(13)4-7)16-20(17,18)11-5-8(6-15)19-12(11)14/h2-5,16H,6,15H2,1H3. The van der Waals surface area contributed by atoms with Gasteiger partial charge in [-0.3, -0.25) is 4.72 Å². The normalized spacial score (nSPS) is 11.6. The average molecular weight is 440 g/mol. The van der Waals surface area contributed by atoms with Crippen molar-refractivity contribution in [2.75, 3.05) is 4.72 Å². The number of nitrogens with one attached hydrogen (secondary N) is 1. The summed E-state index contributed by atoms with van der Waals surface area (Å²) < 4.78 is 28.6. The maximum atomic E-state index is 12.4. The number of halogens is 2. The van der Waals surface area contributed by atoms with Gasteiger partial charge in [-0.2, -0.15) is 0 Å². The van der Waals surface area contributed by atoms with E-state index in [9.17, 15) is 8.42 Å². The molecule has 0 aliphatic rings. The van der Waals surface area contributed by atoms with Crippen molar-refractivity contribution in [3.8, 4) is 0 Å². The zero-order valence-electron chi connectivity index (χ0n) is 10.5. The number of anilines is 1. The van der Waals surface area contributed by atoms with Crippen molar-refractivity contribution < 1.29 is 8.42 Å². The smallest absolute Gasteiger partial charge is 0.263 e. The van der Waals surface area contributed by atoms with Crippen LogP contribution in [0.1, 0.15) is 10.4 Å². The van der Waals surface area contributed by atoms with E-state index in [-0.39, 0.29) is 4.90 Å². The summed E-state index contributed by atoms with van der Waals surface area (Å²) in [6.07, 6.45) is 0. The van der Waals surface area contributed by atoms with Gasteiger partial charge >= 0.3 is 0 Å². The van der Waals surface area contributed by atoms with Crippen LogP contribution in [0.2, 0.25) is 0 Å². The number of nitrogens with two attached hydrogens (primary N) is 1. The van der Waals surface area contributed by atoms with Crippen LogP contribution in [0.15, 0.2) is 37.4 Å². The van der Waals surface area contributed by atoms with Crippen molar-refractivity contribution in [1.29, 1.82) is 0 Å². The molecule has 3 N–H and O–H groups in total. The molecule has 1 aromatic heterocycles. The average Bonchev–Trinajstić information content (AvgIpc) is 2.75. The highest BCUT2D eigenvalue weighted by Crippen LogP contribution is 2.33. The van der Waals surface area contributed by atoms with Gasteiger partial charge < -0.3 is 5.73 Å². The van der Waals surface area contributed by atoms with Crippen LogP contribution in [-0.4, -0.2) is 8.42 Å². The molecule has 1 heterocycles. The molecule has 0 atom stereocenters. The molecule has 8 heteroatoms. The third-order valence-corrected chi connectivity index (χ3v) is 6.86. The molecule has 2 aromatic rings. The van der Waals surface area contributed by atoms with E-state index in [1.165, 1.54) is 11.3 Å². The molecule has 0 saturated carbocycles. The quantitative estimate of drug-likeness (QED) is 0.759. The molecule has 0 aliphatic heterocycles. The number of benzene rings is 1. The van der Waals surface area contributed by atoms with Crippen LogP contribution >= 0.6 is 43.2 Å². The van der Waals surface area contributed by atoms with Gasteiger partial charge in [0.15, 0.2) is 0 Å². The highest BCUT2D eigenvalue weighted by molar-refractivity contribution is 9.11. The molecule has 0 amide bonds. The summed E-state index contributed by atoms with van der Waals surface area (Å²) in [6, 6.07) is 7.00. The van der Waals surface area contributed by atoms with E-state index in [1.54, 1.807) is 12.1 Å². The molecule has 0 unspecified atom stereocenters. The number of hydrogen-bond acceptors (Lipinski definition) is 4. The summed E-state index contributed by atoms with van der Waals surface area (Å²) in [6.45, 7) is 2.25. The number of hydrogen-bond donors (Lipinski definition) is 2. The molecule has 108 valence electrons. The number of rotatable bonds is 4. The molecule has 20 heavy (non-hydrogen) atoms. The summed E-state index contributed by atoms with van der Waals surface area (Å²) >= 11 is 7.94. The fourth-order valence-electron chi connectivity index (χ4n) is 1.58. The van der Waals surface area contributed by atoms with E-state index in [1.807, 2.05) is 19.1 Å². The first kappa shape index (κ1) is 16.0. The summed E-state index contributed by atoms with van der Waals surface area (Å²) in [5, 5.41) is 0. The Bertz CT molecular complexity index is 742. The van der Waals surface area contributed by atoms with Gasteiger partial charge in [0, 0.05) is 15.9 Å². The lowest BCUT2D eigenvalue weighted by molar-refractivity contribution is 0.601. The van der Waals surface area contributed by atoms with Crippen LogP contribution in [0.4, 0.5) is 5.69 Å². The third kappa shape index (κ3) is 3.43. The lowest BCUT2D eigenvalue weighted by Gasteiger charge is -2.09. The monoisotopic (exact) mass is 438 g/mol. The summed E-state index contributed by atoms with van der Waals surface area (Å²) in [5.74, 6) is 0. The van der Waals surface area contributed by atoms with E-state index in [4.69, 9.17) is 5.73 Å². The fourth-order valence-corrected chi connectivity index (χ4v) is 5.95. The minimum Gasteiger partial charge on any atom is -0.326 e. The molecular formula is C12H12Br2N2O2S2. The summed E-state index contributed by atoms with van der Waals surface area (Å²) in [7, 11) is -3.64. The van der Waals surface area contributed by atoms with E-state index in [0.717, 1.165) is 10.4 Å². The Balaban J connectivity index is 2.38. The molecule has 0 fully saturated rings. The van der Waals surface area contributed by atoms with Crippen LogP contribution < -0.4 is 10.5 Å². The van der Waals surface area contributed by atoms with Gasteiger partial charge in [-0.25, -0.2) is 8.42 Å². The van der Waals surface area contributed by atoms with Crippen LogP contribution in [0.5, 0.6) is 0 Å². The van der Waals surface area contributed by atoms with Crippen molar-refractivity contribution in [1.82, 2.24) is 0 Å². The predicted molar refractivity (Wildman–Crippen MR) is 89.6 cm³/mol. The Kier molecular flexibility index (Phi) is 4.91. The van der Waals surface area contributed by atoms with Gasteiger partial charge in [-0.05, 0) is 62.5 Å². The first-order valence-corrected chi connectivity index (χ1v) is 9.49. The van der Waals surface area contributed by atoms with Crippen molar-refractivity contribution in [2.45, 2.75) is 18.4 Å². The molecule has 2 rings (SSSR count). The van der Waals surface area contributed by atoms with Gasteiger partial charge in [0.2, 0.25) is 0 Å². The first-order chi connectivity index (χ1) is 9.33. The number of thiophene rings is 1. The van der Waals surface area contributed by atoms with Crippen molar-refractivity contribution in [3.05, 3.63) is 43.0 Å². The zero-order valence-corrected chi connectivity index (χ0v) is 15.3. The minimum atomic E-state index is -3.64. The molecule has 0 saturated heterocycles. The van der Waals surface area contributed by atoms with Gasteiger partial charge in [-0.15, -0.1) is 11.3 Å². The summed E-state index contributed by atoms with van der Waals surface area (Å²) in [5.41, 5.74) is 7.08. The van der Waals surface area contributed by atoms with Crippen molar-refractivity contribution in [3.63, 3.8) is 0 Å². The van der Waals surface area contributed by atoms with E-state index >= 15 is 0 Å². The van der Waals surface area contributed by atoms with Crippen LogP contribution in [0.25, 0.3) is 0 Å². The first-order valence-electron chi connectivity index (χ1n) is 5.60. The minimum absolute atomic E-state index is 0.204. The Morgan fingerprint density at radius 1 is 1.30 bits per heavy atom. The molecule has 0 spiro atoms. The summed E-state index contributed by atoms with van der Waals surface area (Å²) in [4.78, 5) is 1.01. The fraction of sp³-hybridized carbons (Fsp3) is 0.167. The molecule has 4 nitrogen and oxygen atoms in total. The second kappa shape index (κ2) is 6.15. The van der Waals surface area contributed by atoms with Crippen molar-refractivity contribution >= 4 is 58.9 Å². The van der Waals surface area contributed by atoms with Crippen LogP contribution in [0.3, 0.4) is 0 Å². The topological polar surface area (TPSA) is 72.2 Å². The Morgan fingerprint density at radius 3 is 2.55 bits per heavy atom. The molecule has 1 aromatic carbocycles. The SMILES string of the molecule is Cc1ccc(NS(=O)(=O)c2cc(CN)sc2Br)c(Br)c1. The maximum absolute atomic E-state index is 12.4. The molecular weight excluding hydrogens is 428 g/mol. The Hall–Kier alpha value is -0.410. The Labute approximate surface area is 138 Å². The highest BCUT2D eigenvalue weighted by atomic mass is 79.9. The second-order valence-corrected chi connectivity index (χ2v) is 9.10. The van der Waals surface area contributed by atoms with Gasteiger partial charge in [0.05, 0.1) is 9.47 Å². The second-order valence-electron chi connectivity index (χ2n) is 4.14.